The minimum Gasteiger partial charge on any atom is -0.490 e. The number of nitrogens with two attached hydrogens (primary N) is 1. The Hall–Kier alpha value is -2.30. The van der Waals surface area contributed by atoms with E-state index in [2.05, 4.69) is 9.97 Å². The van der Waals surface area contributed by atoms with Gasteiger partial charge in [0.1, 0.15) is 24.8 Å². The summed E-state index contributed by atoms with van der Waals surface area (Å²) in [5, 5.41) is 0. The van der Waals surface area contributed by atoms with Crippen LogP contribution in [0.4, 0.5) is 5.82 Å². The monoisotopic (exact) mass is 231 g/mol. The van der Waals surface area contributed by atoms with Gasteiger partial charge in [0, 0.05) is 6.20 Å². The van der Waals surface area contributed by atoms with Crippen LogP contribution in [0.15, 0.2) is 42.6 Å². The molecule has 1 aromatic carbocycles. The van der Waals surface area contributed by atoms with Gasteiger partial charge in [-0.15, -0.1) is 0 Å². The van der Waals surface area contributed by atoms with E-state index in [1.54, 1.807) is 12.3 Å². The van der Waals surface area contributed by atoms with E-state index in [1.807, 2.05) is 30.3 Å². The Balaban J connectivity index is 1.73. The van der Waals surface area contributed by atoms with E-state index in [9.17, 15) is 0 Å². The summed E-state index contributed by atoms with van der Waals surface area (Å²) in [5.41, 5.74) is 5.49. The first kappa shape index (κ1) is 11.2. The van der Waals surface area contributed by atoms with Crippen molar-refractivity contribution in [2.24, 2.45) is 0 Å². The Labute approximate surface area is 99.2 Å². The molecule has 0 bridgehead atoms. The van der Waals surface area contributed by atoms with Crippen LogP contribution in [0.1, 0.15) is 0 Å². The Morgan fingerprint density at radius 1 is 1.00 bits per heavy atom. The maximum Gasteiger partial charge on any atom is 0.318 e. The van der Waals surface area contributed by atoms with Crippen molar-refractivity contribution in [3.63, 3.8) is 0 Å². The molecule has 0 amide bonds. The summed E-state index contributed by atoms with van der Waals surface area (Å²) in [6, 6.07) is 11.4. The number of anilines is 1. The normalized spacial score (nSPS) is 9.88. The van der Waals surface area contributed by atoms with E-state index in [1.165, 1.54) is 0 Å². The highest BCUT2D eigenvalue weighted by atomic mass is 16.5. The van der Waals surface area contributed by atoms with Crippen molar-refractivity contribution in [3.8, 4) is 11.8 Å². The Kier molecular flexibility index (Phi) is 3.75. The fraction of sp³-hybridized carbons (Fsp3) is 0.167. The molecule has 0 aliphatic carbocycles. The van der Waals surface area contributed by atoms with Gasteiger partial charge in [-0.1, -0.05) is 18.2 Å². The lowest BCUT2D eigenvalue weighted by atomic mass is 10.3. The number of hydrogen-bond donors (Lipinski definition) is 1. The zero-order valence-electron chi connectivity index (χ0n) is 9.24. The number of hydrogen-bond acceptors (Lipinski definition) is 5. The van der Waals surface area contributed by atoms with Crippen LogP contribution < -0.4 is 15.2 Å². The van der Waals surface area contributed by atoms with Crippen LogP contribution in [0.5, 0.6) is 11.8 Å². The molecule has 0 unspecified atom stereocenters. The van der Waals surface area contributed by atoms with Crippen molar-refractivity contribution in [2.75, 3.05) is 18.9 Å². The SMILES string of the molecule is Nc1ccnc(OCCOc2ccccc2)n1. The minimum atomic E-state index is 0.265. The average molecular weight is 231 g/mol. The van der Waals surface area contributed by atoms with Crippen LogP contribution in [0.25, 0.3) is 0 Å². The molecule has 0 saturated heterocycles. The van der Waals surface area contributed by atoms with Crippen molar-refractivity contribution in [1.29, 1.82) is 0 Å². The van der Waals surface area contributed by atoms with Gasteiger partial charge < -0.3 is 15.2 Å². The summed E-state index contributed by atoms with van der Waals surface area (Å²) >= 11 is 0. The summed E-state index contributed by atoms with van der Waals surface area (Å²) in [6.45, 7) is 0.806. The average Bonchev–Trinajstić information content (AvgIpc) is 2.36. The van der Waals surface area contributed by atoms with E-state index in [0.29, 0.717) is 19.0 Å². The highest BCUT2D eigenvalue weighted by Gasteiger charge is 1.98. The lowest BCUT2D eigenvalue weighted by Gasteiger charge is -2.06. The highest BCUT2D eigenvalue weighted by Crippen LogP contribution is 2.08. The molecule has 0 atom stereocenters. The van der Waals surface area contributed by atoms with Crippen LogP contribution in [-0.2, 0) is 0 Å². The minimum absolute atomic E-state index is 0.265. The first-order chi connectivity index (χ1) is 8.34. The number of para-hydroxylation sites is 1. The number of benzene rings is 1. The van der Waals surface area contributed by atoms with Crippen LogP contribution in [0.3, 0.4) is 0 Å². The van der Waals surface area contributed by atoms with Gasteiger partial charge in [0.25, 0.3) is 0 Å². The molecule has 5 heteroatoms. The number of nitrogen functional groups attached to an aromatic ring is 1. The summed E-state index contributed by atoms with van der Waals surface area (Å²) in [4.78, 5) is 7.82. The topological polar surface area (TPSA) is 70.3 Å². The van der Waals surface area contributed by atoms with Crippen molar-refractivity contribution in [3.05, 3.63) is 42.6 Å². The molecule has 2 rings (SSSR count). The van der Waals surface area contributed by atoms with Crippen molar-refractivity contribution in [2.45, 2.75) is 0 Å². The van der Waals surface area contributed by atoms with Crippen LogP contribution >= 0.6 is 0 Å². The second-order valence-corrected chi connectivity index (χ2v) is 3.27. The second-order valence-electron chi connectivity index (χ2n) is 3.27. The van der Waals surface area contributed by atoms with E-state index >= 15 is 0 Å². The molecule has 1 aromatic heterocycles. The van der Waals surface area contributed by atoms with E-state index in [-0.39, 0.29) is 6.01 Å². The van der Waals surface area contributed by atoms with Crippen LogP contribution in [0.2, 0.25) is 0 Å². The number of aromatic nitrogens is 2. The van der Waals surface area contributed by atoms with Gasteiger partial charge in [-0.05, 0) is 18.2 Å². The second kappa shape index (κ2) is 5.69. The van der Waals surface area contributed by atoms with Crippen LogP contribution in [0, 0.1) is 0 Å². The molecular weight excluding hydrogens is 218 g/mol. The predicted molar refractivity (Wildman–Crippen MR) is 63.9 cm³/mol. The lowest BCUT2D eigenvalue weighted by Crippen LogP contribution is -2.10. The van der Waals surface area contributed by atoms with Crippen molar-refractivity contribution < 1.29 is 9.47 Å². The number of rotatable bonds is 5. The molecule has 2 N–H and O–H groups in total. The van der Waals surface area contributed by atoms with Gasteiger partial charge in [-0.3, -0.25) is 0 Å². The molecule has 2 aromatic rings. The largest absolute Gasteiger partial charge is 0.490 e. The molecular formula is C12H13N3O2. The van der Waals surface area contributed by atoms with Gasteiger partial charge in [-0.25, -0.2) is 4.98 Å². The van der Waals surface area contributed by atoms with E-state index in [0.717, 1.165) is 5.75 Å². The predicted octanol–water partition coefficient (Wildman–Crippen LogP) is 1.52. The van der Waals surface area contributed by atoms with Gasteiger partial charge in [0.2, 0.25) is 0 Å². The fourth-order valence-electron chi connectivity index (χ4n) is 1.23. The molecule has 0 aliphatic heterocycles. The maximum absolute atomic E-state index is 5.49. The van der Waals surface area contributed by atoms with Gasteiger partial charge in [0.05, 0.1) is 0 Å². The Bertz CT molecular complexity index is 462. The molecule has 5 nitrogen and oxygen atoms in total. The Morgan fingerprint density at radius 3 is 2.53 bits per heavy atom. The van der Waals surface area contributed by atoms with E-state index < -0.39 is 0 Å². The number of nitrogens with zero attached hydrogens (tertiary/aromatic N) is 2. The molecule has 0 spiro atoms. The first-order valence-electron chi connectivity index (χ1n) is 5.24. The summed E-state index contributed by atoms with van der Waals surface area (Å²) < 4.78 is 10.7. The molecule has 0 radical (unpaired) electrons. The standard InChI is InChI=1S/C12H13N3O2/c13-11-6-7-14-12(15-11)17-9-8-16-10-4-2-1-3-5-10/h1-7H,8-9H2,(H2,13,14,15). The van der Waals surface area contributed by atoms with E-state index in [4.69, 9.17) is 15.2 Å². The zero-order chi connectivity index (χ0) is 11.9. The fourth-order valence-corrected chi connectivity index (χ4v) is 1.23. The molecule has 0 fully saturated rings. The molecule has 1 heterocycles. The lowest BCUT2D eigenvalue weighted by molar-refractivity contribution is 0.206. The van der Waals surface area contributed by atoms with Crippen molar-refractivity contribution >= 4 is 5.82 Å². The first-order valence-corrected chi connectivity index (χ1v) is 5.24. The third-order valence-corrected chi connectivity index (χ3v) is 1.98. The number of ether oxygens (including phenoxy) is 2. The third kappa shape index (κ3) is 3.64. The molecule has 0 saturated carbocycles. The quantitative estimate of drug-likeness (QED) is 0.790. The molecule has 17 heavy (non-hydrogen) atoms. The third-order valence-electron chi connectivity index (χ3n) is 1.98. The maximum atomic E-state index is 5.49. The summed E-state index contributed by atoms with van der Waals surface area (Å²) in [6.07, 6.45) is 1.55. The Morgan fingerprint density at radius 2 is 1.76 bits per heavy atom. The van der Waals surface area contributed by atoms with Gasteiger partial charge in [-0.2, -0.15) is 4.98 Å². The summed E-state index contributed by atoms with van der Waals surface area (Å²) in [7, 11) is 0. The van der Waals surface area contributed by atoms with Gasteiger partial charge >= 0.3 is 6.01 Å². The van der Waals surface area contributed by atoms with Crippen molar-refractivity contribution in [1.82, 2.24) is 9.97 Å². The highest BCUT2D eigenvalue weighted by molar-refractivity contribution is 5.26. The van der Waals surface area contributed by atoms with Crippen LogP contribution in [-0.4, -0.2) is 23.2 Å². The van der Waals surface area contributed by atoms with Gasteiger partial charge in [0.15, 0.2) is 0 Å². The molecule has 88 valence electrons. The smallest absolute Gasteiger partial charge is 0.318 e. The summed E-state index contributed by atoms with van der Waals surface area (Å²) in [5.74, 6) is 1.20. The zero-order valence-corrected chi connectivity index (χ0v) is 9.24. The molecule has 0 aliphatic rings.